The predicted octanol–water partition coefficient (Wildman–Crippen LogP) is 2.59. The zero-order chi connectivity index (χ0) is 12.4. The van der Waals surface area contributed by atoms with Gasteiger partial charge in [-0.05, 0) is 31.5 Å². The Labute approximate surface area is 101 Å². The van der Waals surface area contributed by atoms with Gasteiger partial charge in [0.15, 0.2) is 0 Å². The number of hydrogen-bond donors (Lipinski definition) is 1. The Morgan fingerprint density at radius 2 is 2.12 bits per heavy atom. The molecule has 1 aromatic heterocycles. The van der Waals surface area contributed by atoms with Crippen molar-refractivity contribution in [1.82, 2.24) is 4.98 Å². The van der Waals surface area contributed by atoms with E-state index in [1.807, 2.05) is 31.2 Å². The molecular formula is C14H16N2O. The number of aromatic nitrogens is 1. The van der Waals surface area contributed by atoms with Gasteiger partial charge in [-0.15, -0.1) is 0 Å². The van der Waals surface area contributed by atoms with Gasteiger partial charge in [0, 0.05) is 11.1 Å². The summed E-state index contributed by atoms with van der Waals surface area (Å²) in [6, 6.07) is 7.71. The maximum atomic E-state index is 11.5. The topological polar surface area (TPSA) is 56.0 Å². The summed E-state index contributed by atoms with van der Waals surface area (Å²) in [5, 5.41) is 0.845. The molecule has 0 spiro atoms. The molecule has 0 unspecified atom stereocenters. The van der Waals surface area contributed by atoms with E-state index < -0.39 is 0 Å². The molecule has 0 aliphatic rings. The van der Waals surface area contributed by atoms with Gasteiger partial charge in [0.2, 0.25) is 5.91 Å². The average Bonchev–Trinajstić information content (AvgIpc) is 2.28. The molecule has 0 radical (unpaired) electrons. The number of nitrogens with zero attached hydrogens (tertiary/aromatic N) is 1. The fraction of sp³-hybridized carbons (Fsp3) is 0.286. The Balaban J connectivity index is 2.72. The summed E-state index contributed by atoms with van der Waals surface area (Å²) in [4.78, 5) is 16.0. The first-order chi connectivity index (χ1) is 8.11. The van der Waals surface area contributed by atoms with Crippen molar-refractivity contribution in [3.63, 3.8) is 0 Å². The first-order valence-electron chi connectivity index (χ1n) is 5.82. The number of hydrogen-bond acceptors (Lipinski definition) is 2. The summed E-state index contributed by atoms with van der Waals surface area (Å²) in [6.07, 6.45) is 1.87. The number of primary amides is 1. The Bertz CT molecular complexity index is 576. The molecular weight excluding hydrogens is 212 g/mol. The smallest absolute Gasteiger partial charge is 0.249 e. The first kappa shape index (κ1) is 11.6. The van der Waals surface area contributed by atoms with Crippen molar-refractivity contribution in [2.45, 2.75) is 26.7 Å². The number of aryl methyl sites for hydroxylation is 2. The maximum absolute atomic E-state index is 11.5. The fourth-order valence-corrected chi connectivity index (χ4v) is 1.98. The summed E-state index contributed by atoms with van der Waals surface area (Å²) in [7, 11) is 0. The summed E-state index contributed by atoms with van der Waals surface area (Å²) in [5.74, 6) is -0.389. The van der Waals surface area contributed by atoms with Crippen molar-refractivity contribution < 1.29 is 4.79 Å². The fourth-order valence-electron chi connectivity index (χ4n) is 1.98. The first-order valence-corrected chi connectivity index (χ1v) is 5.82. The molecule has 1 heterocycles. The highest BCUT2D eigenvalue weighted by molar-refractivity contribution is 6.05. The van der Waals surface area contributed by atoms with Crippen LogP contribution in [0.2, 0.25) is 0 Å². The lowest BCUT2D eigenvalue weighted by molar-refractivity contribution is 0.100. The molecule has 0 bridgehead atoms. The number of pyridine rings is 1. The van der Waals surface area contributed by atoms with Gasteiger partial charge in [-0.3, -0.25) is 9.78 Å². The van der Waals surface area contributed by atoms with Crippen LogP contribution in [0.1, 0.15) is 35.0 Å². The monoisotopic (exact) mass is 228 g/mol. The third kappa shape index (κ3) is 2.28. The summed E-state index contributed by atoms with van der Waals surface area (Å²) >= 11 is 0. The second kappa shape index (κ2) is 4.53. The average molecular weight is 228 g/mol. The molecule has 0 fully saturated rings. The Kier molecular flexibility index (Phi) is 3.09. The van der Waals surface area contributed by atoms with Crippen LogP contribution in [-0.2, 0) is 6.42 Å². The van der Waals surface area contributed by atoms with Gasteiger partial charge in [-0.25, -0.2) is 0 Å². The second-order valence-electron chi connectivity index (χ2n) is 4.30. The lowest BCUT2D eigenvalue weighted by atomic mass is 10.0. The predicted molar refractivity (Wildman–Crippen MR) is 69.0 cm³/mol. The zero-order valence-electron chi connectivity index (χ0n) is 10.2. The van der Waals surface area contributed by atoms with E-state index in [1.54, 1.807) is 0 Å². The van der Waals surface area contributed by atoms with Crippen molar-refractivity contribution >= 4 is 16.8 Å². The number of nitrogens with two attached hydrogens (primary N) is 1. The van der Waals surface area contributed by atoms with Crippen LogP contribution in [0.25, 0.3) is 10.9 Å². The third-order valence-electron chi connectivity index (χ3n) is 2.79. The van der Waals surface area contributed by atoms with Crippen LogP contribution in [0.4, 0.5) is 0 Å². The van der Waals surface area contributed by atoms with Crippen LogP contribution in [-0.4, -0.2) is 10.9 Å². The largest absolute Gasteiger partial charge is 0.366 e. The van der Waals surface area contributed by atoms with E-state index in [1.165, 1.54) is 0 Å². The minimum atomic E-state index is -0.389. The van der Waals surface area contributed by atoms with Gasteiger partial charge in [0.1, 0.15) is 0 Å². The summed E-state index contributed by atoms with van der Waals surface area (Å²) in [6.45, 7) is 4.08. The van der Waals surface area contributed by atoms with E-state index in [-0.39, 0.29) is 5.91 Å². The second-order valence-corrected chi connectivity index (χ2v) is 4.30. The number of carbonyl (C=O) groups is 1. The van der Waals surface area contributed by atoms with Gasteiger partial charge in [-0.1, -0.05) is 25.0 Å². The van der Waals surface area contributed by atoms with E-state index in [9.17, 15) is 4.79 Å². The van der Waals surface area contributed by atoms with Gasteiger partial charge in [0.25, 0.3) is 0 Å². The Morgan fingerprint density at radius 1 is 1.35 bits per heavy atom. The normalized spacial score (nSPS) is 10.7. The molecule has 2 aromatic rings. The van der Waals surface area contributed by atoms with Crippen molar-refractivity contribution in [3.8, 4) is 0 Å². The highest BCUT2D eigenvalue weighted by atomic mass is 16.1. The van der Waals surface area contributed by atoms with Crippen molar-refractivity contribution in [1.29, 1.82) is 0 Å². The SMILES string of the molecule is CCCc1cc(C(N)=O)c2cc(C)ccc2n1. The standard InChI is InChI=1S/C14H16N2O/c1-3-4-10-8-12(14(15)17)11-7-9(2)5-6-13(11)16-10/h5-8H,3-4H2,1-2H3,(H2,15,17). The van der Waals surface area contributed by atoms with Crippen LogP contribution < -0.4 is 5.73 Å². The van der Waals surface area contributed by atoms with Gasteiger partial charge in [-0.2, -0.15) is 0 Å². The van der Waals surface area contributed by atoms with Crippen LogP contribution in [0.15, 0.2) is 24.3 Å². The minimum absolute atomic E-state index is 0.389. The molecule has 0 atom stereocenters. The molecule has 0 aliphatic carbocycles. The summed E-state index contributed by atoms with van der Waals surface area (Å²) < 4.78 is 0. The van der Waals surface area contributed by atoms with Crippen molar-refractivity contribution in [2.24, 2.45) is 5.73 Å². The molecule has 2 N–H and O–H groups in total. The molecule has 3 nitrogen and oxygen atoms in total. The van der Waals surface area contributed by atoms with E-state index >= 15 is 0 Å². The van der Waals surface area contributed by atoms with Crippen molar-refractivity contribution in [3.05, 3.63) is 41.1 Å². The highest BCUT2D eigenvalue weighted by Crippen LogP contribution is 2.20. The molecule has 1 aromatic carbocycles. The number of amides is 1. The van der Waals surface area contributed by atoms with Gasteiger partial charge < -0.3 is 5.73 Å². The Morgan fingerprint density at radius 3 is 2.76 bits per heavy atom. The lowest BCUT2D eigenvalue weighted by Crippen LogP contribution is -2.12. The minimum Gasteiger partial charge on any atom is -0.366 e. The highest BCUT2D eigenvalue weighted by Gasteiger charge is 2.10. The van der Waals surface area contributed by atoms with Crippen LogP contribution in [0, 0.1) is 6.92 Å². The number of fused-ring (bicyclic) bond motifs is 1. The van der Waals surface area contributed by atoms with E-state index in [4.69, 9.17) is 5.73 Å². The number of carbonyl (C=O) groups excluding carboxylic acids is 1. The maximum Gasteiger partial charge on any atom is 0.249 e. The molecule has 0 aliphatic heterocycles. The van der Waals surface area contributed by atoms with Crippen LogP contribution >= 0.6 is 0 Å². The van der Waals surface area contributed by atoms with Gasteiger partial charge >= 0.3 is 0 Å². The Hall–Kier alpha value is -1.90. The molecule has 2 rings (SSSR count). The molecule has 0 saturated carbocycles. The van der Waals surface area contributed by atoms with E-state index in [0.717, 1.165) is 35.0 Å². The van der Waals surface area contributed by atoms with Crippen LogP contribution in [0.5, 0.6) is 0 Å². The van der Waals surface area contributed by atoms with Crippen LogP contribution in [0.3, 0.4) is 0 Å². The lowest BCUT2D eigenvalue weighted by Gasteiger charge is -2.07. The number of rotatable bonds is 3. The molecule has 17 heavy (non-hydrogen) atoms. The molecule has 0 saturated heterocycles. The van der Waals surface area contributed by atoms with E-state index in [2.05, 4.69) is 11.9 Å². The summed E-state index contributed by atoms with van der Waals surface area (Å²) in [5.41, 5.74) is 8.87. The quantitative estimate of drug-likeness (QED) is 0.877. The molecule has 3 heteroatoms. The van der Waals surface area contributed by atoms with Gasteiger partial charge in [0.05, 0.1) is 11.1 Å². The van der Waals surface area contributed by atoms with Crippen molar-refractivity contribution in [2.75, 3.05) is 0 Å². The molecule has 1 amide bonds. The zero-order valence-corrected chi connectivity index (χ0v) is 10.2. The molecule has 88 valence electrons. The number of benzene rings is 1. The van der Waals surface area contributed by atoms with E-state index in [0.29, 0.717) is 5.56 Å². The third-order valence-corrected chi connectivity index (χ3v) is 2.79.